The second-order valence-electron chi connectivity index (χ2n) is 9.25. The first-order valence-electron chi connectivity index (χ1n) is 12.6. The maximum atomic E-state index is 12.6. The lowest BCUT2D eigenvalue weighted by Gasteiger charge is -2.27. The van der Waals surface area contributed by atoms with E-state index < -0.39 is 5.97 Å². The van der Waals surface area contributed by atoms with Crippen LogP contribution in [0.2, 0.25) is 0 Å². The molecule has 2 N–H and O–H groups in total. The first kappa shape index (κ1) is 25.9. The largest absolute Gasteiger partial charge is 0.481 e. The van der Waals surface area contributed by atoms with Crippen molar-refractivity contribution in [2.45, 2.75) is 70.5 Å². The standard InChI is InChI=1S/C27H38N2O5/c1-2-29(27(33)20-10-6-5-7-11-20)19-17-25(30)28-18-16-22-21(23-14-15-24(22)34-23)12-8-3-4-9-13-26(31)32/h3,5-8,10-11,21-24H,2,4,9,12-19H2,1H3,(H,28,30)(H,31,32)/b8-3-/t21-,22+,23-,24+/m1/s1. The lowest BCUT2D eigenvalue weighted by molar-refractivity contribution is -0.137. The predicted molar refractivity (Wildman–Crippen MR) is 130 cm³/mol. The third kappa shape index (κ3) is 7.42. The molecule has 7 heteroatoms. The summed E-state index contributed by atoms with van der Waals surface area (Å²) < 4.78 is 6.16. The smallest absolute Gasteiger partial charge is 0.303 e. The van der Waals surface area contributed by atoms with Crippen LogP contribution in [0.25, 0.3) is 0 Å². The minimum atomic E-state index is -0.748. The summed E-state index contributed by atoms with van der Waals surface area (Å²) in [4.78, 5) is 37.3. The van der Waals surface area contributed by atoms with Gasteiger partial charge in [0.15, 0.2) is 0 Å². The Kier molecular flexibility index (Phi) is 10.1. The summed E-state index contributed by atoms with van der Waals surface area (Å²) in [5, 5.41) is 11.8. The van der Waals surface area contributed by atoms with Gasteiger partial charge in [-0.2, -0.15) is 0 Å². The second-order valence-corrected chi connectivity index (χ2v) is 9.25. The number of aliphatic carboxylic acids is 1. The Labute approximate surface area is 202 Å². The molecule has 2 saturated heterocycles. The number of hydrogen-bond acceptors (Lipinski definition) is 4. The molecule has 0 spiro atoms. The number of carbonyl (C=O) groups excluding carboxylic acids is 2. The molecule has 2 amide bonds. The highest BCUT2D eigenvalue weighted by molar-refractivity contribution is 5.94. The molecule has 0 aromatic heterocycles. The number of allylic oxidation sites excluding steroid dienone is 2. The van der Waals surface area contributed by atoms with Crippen molar-refractivity contribution < 1.29 is 24.2 Å². The highest BCUT2D eigenvalue weighted by Gasteiger charge is 2.47. The van der Waals surface area contributed by atoms with Crippen LogP contribution in [0.3, 0.4) is 0 Å². The van der Waals surface area contributed by atoms with E-state index in [1.807, 2.05) is 25.1 Å². The molecule has 2 fully saturated rings. The Bertz CT molecular complexity index is 841. The van der Waals surface area contributed by atoms with Crippen LogP contribution in [0, 0.1) is 11.8 Å². The summed E-state index contributed by atoms with van der Waals surface area (Å²) in [6.45, 7) is 3.51. The van der Waals surface area contributed by atoms with Gasteiger partial charge in [-0.25, -0.2) is 0 Å². The third-order valence-corrected chi connectivity index (χ3v) is 7.02. The number of benzene rings is 1. The summed E-state index contributed by atoms with van der Waals surface area (Å²) in [5.74, 6) is 0.0781. The van der Waals surface area contributed by atoms with Crippen LogP contribution >= 0.6 is 0 Å². The van der Waals surface area contributed by atoms with Crippen LogP contribution in [-0.2, 0) is 14.3 Å². The number of carboxylic acids is 1. The van der Waals surface area contributed by atoms with Gasteiger partial charge in [-0.15, -0.1) is 0 Å². The lowest BCUT2D eigenvalue weighted by atomic mass is 9.76. The van der Waals surface area contributed by atoms with Crippen LogP contribution in [-0.4, -0.2) is 59.6 Å². The maximum Gasteiger partial charge on any atom is 0.303 e. The zero-order valence-corrected chi connectivity index (χ0v) is 20.2. The molecule has 0 aliphatic carbocycles. The molecule has 0 radical (unpaired) electrons. The third-order valence-electron chi connectivity index (χ3n) is 7.02. The van der Waals surface area contributed by atoms with E-state index in [2.05, 4.69) is 17.5 Å². The highest BCUT2D eigenvalue weighted by Crippen LogP contribution is 2.46. The highest BCUT2D eigenvalue weighted by atomic mass is 16.5. The van der Waals surface area contributed by atoms with Crippen molar-refractivity contribution in [1.29, 1.82) is 0 Å². The summed E-state index contributed by atoms with van der Waals surface area (Å²) in [6.07, 6.45) is 10.8. The van der Waals surface area contributed by atoms with Crippen molar-refractivity contribution >= 4 is 17.8 Å². The molecule has 0 saturated carbocycles. The molecule has 0 unspecified atom stereocenters. The molecule has 2 heterocycles. The van der Waals surface area contributed by atoms with Crippen LogP contribution in [0.1, 0.15) is 68.6 Å². The van der Waals surface area contributed by atoms with Gasteiger partial charge in [0.1, 0.15) is 0 Å². The Morgan fingerprint density at radius 2 is 1.82 bits per heavy atom. The summed E-state index contributed by atoms with van der Waals surface area (Å²) in [7, 11) is 0. The molecule has 2 aliphatic rings. The summed E-state index contributed by atoms with van der Waals surface area (Å²) >= 11 is 0. The van der Waals surface area contributed by atoms with Gasteiger partial charge in [0, 0.05) is 38.0 Å². The molecule has 1 aromatic carbocycles. The number of fused-ring (bicyclic) bond motifs is 2. The molecule has 186 valence electrons. The zero-order chi connectivity index (χ0) is 24.3. The molecule has 3 rings (SSSR count). The van der Waals surface area contributed by atoms with E-state index >= 15 is 0 Å². The number of nitrogens with zero attached hydrogens (tertiary/aromatic N) is 1. The van der Waals surface area contributed by atoms with Crippen LogP contribution < -0.4 is 5.32 Å². The number of hydrogen-bond donors (Lipinski definition) is 2. The monoisotopic (exact) mass is 470 g/mol. The van der Waals surface area contributed by atoms with Crippen molar-refractivity contribution in [3.63, 3.8) is 0 Å². The molecule has 34 heavy (non-hydrogen) atoms. The van der Waals surface area contributed by atoms with Crippen molar-refractivity contribution in [3.8, 4) is 0 Å². The van der Waals surface area contributed by atoms with E-state index in [9.17, 15) is 14.4 Å². The second kappa shape index (κ2) is 13.3. The fourth-order valence-electron chi connectivity index (χ4n) is 5.21. The number of amides is 2. The maximum absolute atomic E-state index is 12.6. The Morgan fingerprint density at radius 3 is 2.53 bits per heavy atom. The van der Waals surface area contributed by atoms with Crippen molar-refractivity contribution in [1.82, 2.24) is 10.2 Å². The number of nitrogens with one attached hydrogen (secondary N) is 1. The molecule has 2 bridgehead atoms. The topological polar surface area (TPSA) is 95.9 Å². The zero-order valence-electron chi connectivity index (χ0n) is 20.2. The van der Waals surface area contributed by atoms with Gasteiger partial charge in [-0.05, 0) is 69.4 Å². The van der Waals surface area contributed by atoms with E-state index in [1.165, 1.54) is 0 Å². The van der Waals surface area contributed by atoms with Crippen LogP contribution in [0.5, 0.6) is 0 Å². The quantitative estimate of drug-likeness (QED) is 0.316. The Morgan fingerprint density at radius 1 is 1.09 bits per heavy atom. The van der Waals surface area contributed by atoms with Gasteiger partial charge >= 0.3 is 5.97 Å². The van der Waals surface area contributed by atoms with Gasteiger partial charge in [0.25, 0.3) is 5.91 Å². The number of unbranched alkanes of at least 4 members (excludes halogenated alkanes) is 1. The Hall–Kier alpha value is -2.67. The normalized spacial score (nSPS) is 23.3. The van der Waals surface area contributed by atoms with Gasteiger partial charge in [-0.3, -0.25) is 14.4 Å². The minimum absolute atomic E-state index is 0.0294. The molecule has 2 aliphatic heterocycles. The number of ether oxygens (including phenoxy) is 1. The number of rotatable bonds is 14. The first-order chi connectivity index (χ1) is 16.5. The van der Waals surface area contributed by atoms with Crippen molar-refractivity contribution in [2.24, 2.45) is 11.8 Å². The Balaban J connectivity index is 1.38. The SMILES string of the molecule is CCN(CCC(=O)NCC[C@H]1[C@@H](C/C=C\CCCC(=O)O)[C@H]2CC[C@@H]1O2)C(=O)c1ccccc1. The summed E-state index contributed by atoms with van der Waals surface area (Å²) in [5.41, 5.74) is 0.642. The van der Waals surface area contributed by atoms with E-state index in [4.69, 9.17) is 9.84 Å². The van der Waals surface area contributed by atoms with Crippen LogP contribution in [0.4, 0.5) is 0 Å². The van der Waals surface area contributed by atoms with E-state index in [0.717, 1.165) is 32.1 Å². The molecular formula is C27H38N2O5. The predicted octanol–water partition coefficient (Wildman–Crippen LogP) is 4.04. The first-order valence-corrected chi connectivity index (χ1v) is 12.6. The number of carbonyl (C=O) groups is 3. The molecule has 7 nitrogen and oxygen atoms in total. The van der Waals surface area contributed by atoms with Gasteiger partial charge < -0.3 is 20.1 Å². The van der Waals surface area contributed by atoms with E-state index in [0.29, 0.717) is 56.0 Å². The van der Waals surface area contributed by atoms with E-state index in [-0.39, 0.29) is 24.3 Å². The van der Waals surface area contributed by atoms with Crippen LogP contribution in [0.15, 0.2) is 42.5 Å². The van der Waals surface area contributed by atoms with Crippen molar-refractivity contribution in [2.75, 3.05) is 19.6 Å². The lowest BCUT2D eigenvalue weighted by Crippen LogP contribution is -2.36. The molecular weight excluding hydrogens is 432 g/mol. The fraction of sp³-hybridized carbons (Fsp3) is 0.593. The average Bonchev–Trinajstić information content (AvgIpc) is 3.44. The fourth-order valence-corrected chi connectivity index (χ4v) is 5.21. The minimum Gasteiger partial charge on any atom is -0.481 e. The van der Waals surface area contributed by atoms with Gasteiger partial charge in [0.2, 0.25) is 5.91 Å². The van der Waals surface area contributed by atoms with E-state index in [1.54, 1.807) is 17.0 Å². The van der Waals surface area contributed by atoms with Gasteiger partial charge in [-0.1, -0.05) is 30.4 Å². The molecule has 4 atom stereocenters. The van der Waals surface area contributed by atoms with Gasteiger partial charge in [0.05, 0.1) is 12.2 Å². The number of carboxylic acid groups (broad SMARTS) is 1. The summed E-state index contributed by atoms with van der Waals surface area (Å²) in [6, 6.07) is 9.16. The molecule has 1 aromatic rings. The average molecular weight is 471 g/mol. The van der Waals surface area contributed by atoms with Crippen molar-refractivity contribution in [3.05, 3.63) is 48.0 Å².